The highest BCUT2D eigenvalue weighted by molar-refractivity contribution is 7.98. The molecule has 126 valence electrons. The van der Waals surface area contributed by atoms with E-state index in [0.717, 1.165) is 30.0 Å². The van der Waals surface area contributed by atoms with Gasteiger partial charge in [-0.25, -0.2) is 0 Å². The lowest BCUT2D eigenvalue weighted by atomic mass is 9.98. The molecule has 1 aromatic rings. The number of esters is 1. The second-order valence-corrected chi connectivity index (χ2v) is 6.49. The van der Waals surface area contributed by atoms with E-state index in [1.165, 1.54) is 0 Å². The molecule has 0 spiro atoms. The molecule has 1 fully saturated rings. The first kappa shape index (κ1) is 17.8. The maximum Gasteiger partial charge on any atom is 0.310 e. The first-order valence-corrected chi connectivity index (χ1v) is 9.17. The summed E-state index contributed by atoms with van der Waals surface area (Å²) in [6.45, 7) is 3.96. The zero-order chi connectivity index (χ0) is 16.7. The summed E-state index contributed by atoms with van der Waals surface area (Å²) in [5.74, 6) is -0.311. The Kier molecular flexibility index (Phi) is 6.92. The van der Waals surface area contributed by atoms with Gasteiger partial charge in [0.15, 0.2) is 0 Å². The summed E-state index contributed by atoms with van der Waals surface area (Å²) in [6, 6.07) is 7.78. The highest BCUT2D eigenvalue weighted by Crippen LogP contribution is 2.20. The SMILES string of the molecule is CCOC(=O)C1CCCN(CC(=O)Nc2cccc(SC)c2)C1. The van der Waals surface area contributed by atoms with Crippen molar-refractivity contribution in [2.24, 2.45) is 5.92 Å². The van der Waals surface area contributed by atoms with Gasteiger partial charge >= 0.3 is 5.97 Å². The van der Waals surface area contributed by atoms with Crippen molar-refractivity contribution in [3.63, 3.8) is 0 Å². The molecule has 1 amide bonds. The molecule has 0 saturated carbocycles. The number of carbonyl (C=O) groups excluding carboxylic acids is 2. The topological polar surface area (TPSA) is 58.6 Å². The van der Waals surface area contributed by atoms with Gasteiger partial charge in [0.1, 0.15) is 0 Å². The molecule has 0 radical (unpaired) electrons. The molecule has 0 aliphatic carbocycles. The standard InChI is InChI=1S/C17H24N2O3S/c1-3-22-17(21)13-6-5-9-19(11-13)12-16(20)18-14-7-4-8-15(10-14)23-2/h4,7-8,10,13H,3,5-6,9,11-12H2,1-2H3,(H,18,20). The monoisotopic (exact) mass is 336 g/mol. The first-order chi connectivity index (χ1) is 11.1. The van der Waals surface area contributed by atoms with Crippen molar-refractivity contribution >= 4 is 29.3 Å². The van der Waals surface area contributed by atoms with Crippen molar-refractivity contribution in [1.29, 1.82) is 0 Å². The lowest BCUT2D eigenvalue weighted by Gasteiger charge is -2.30. The van der Waals surface area contributed by atoms with Crippen LogP contribution in [0.5, 0.6) is 0 Å². The molecule has 6 heteroatoms. The molecule has 1 aliphatic heterocycles. The minimum absolute atomic E-state index is 0.0484. The van der Waals surface area contributed by atoms with Crippen LogP contribution >= 0.6 is 11.8 Å². The third-order valence-corrected chi connectivity index (χ3v) is 4.57. The van der Waals surface area contributed by atoms with Gasteiger partial charge in [-0.2, -0.15) is 0 Å². The fourth-order valence-corrected chi connectivity index (χ4v) is 3.22. The number of hydrogen-bond donors (Lipinski definition) is 1. The van der Waals surface area contributed by atoms with E-state index >= 15 is 0 Å². The number of benzene rings is 1. The minimum atomic E-state index is -0.148. The number of piperidine rings is 1. The summed E-state index contributed by atoms with van der Waals surface area (Å²) >= 11 is 1.64. The lowest BCUT2D eigenvalue weighted by molar-refractivity contribution is -0.150. The number of thioether (sulfide) groups is 1. The van der Waals surface area contributed by atoms with Crippen LogP contribution in [-0.2, 0) is 14.3 Å². The smallest absolute Gasteiger partial charge is 0.310 e. The Labute approximate surface area is 141 Å². The largest absolute Gasteiger partial charge is 0.466 e. The minimum Gasteiger partial charge on any atom is -0.466 e. The van der Waals surface area contributed by atoms with Gasteiger partial charge in [-0.3, -0.25) is 14.5 Å². The van der Waals surface area contributed by atoms with Gasteiger partial charge < -0.3 is 10.1 Å². The predicted molar refractivity (Wildman–Crippen MR) is 92.6 cm³/mol. The van der Waals surface area contributed by atoms with E-state index in [4.69, 9.17) is 4.74 Å². The van der Waals surface area contributed by atoms with Crippen LogP contribution in [0, 0.1) is 5.92 Å². The van der Waals surface area contributed by atoms with Crippen LogP contribution in [0.4, 0.5) is 5.69 Å². The summed E-state index contributed by atoms with van der Waals surface area (Å²) in [5.41, 5.74) is 0.806. The van der Waals surface area contributed by atoms with Crippen molar-refractivity contribution in [3.8, 4) is 0 Å². The Morgan fingerprint density at radius 1 is 1.43 bits per heavy atom. The van der Waals surface area contributed by atoms with Gasteiger partial charge in [-0.15, -0.1) is 11.8 Å². The second kappa shape index (κ2) is 8.93. The predicted octanol–water partition coefficient (Wildman–Crippen LogP) is 2.62. The van der Waals surface area contributed by atoms with Gasteiger partial charge in [-0.05, 0) is 50.8 Å². The lowest BCUT2D eigenvalue weighted by Crippen LogP contribution is -2.43. The van der Waals surface area contributed by atoms with Crippen LogP contribution in [-0.4, -0.2) is 49.3 Å². The molecule has 1 unspecified atom stereocenters. The quantitative estimate of drug-likeness (QED) is 0.639. The van der Waals surface area contributed by atoms with Gasteiger partial charge in [0, 0.05) is 17.1 Å². The summed E-state index contributed by atoms with van der Waals surface area (Å²) in [7, 11) is 0. The van der Waals surface area contributed by atoms with Crippen molar-refractivity contribution in [2.45, 2.75) is 24.7 Å². The maximum atomic E-state index is 12.2. The molecule has 1 aromatic carbocycles. The first-order valence-electron chi connectivity index (χ1n) is 7.95. The molecule has 1 aliphatic rings. The number of hydrogen-bond acceptors (Lipinski definition) is 5. The van der Waals surface area contributed by atoms with E-state index in [9.17, 15) is 9.59 Å². The van der Waals surface area contributed by atoms with Gasteiger partial charge in [-0.1, -0.05) is 6.07 Å². The summed E-state index contributed by atoms with van der Waals surface area (Å²) in [4.78, 5) is 27.2. The number of carbonyl (C=O) groups is 2. The van der Waals surface area contributed by atoms with E-state index < -0.39 is 0 Å². The normalized spacial score (nSPS) is 18.4. The highest BCUT2D eigenvalue weighted by atomic mass is 32.2. The average molecular weight is 336 g/mol. The molecule has 0 aromatic heterocycles. The van der Waals surface area contributed by atoms with Gasteiger partial charge in [0.25, 0.3) is 0 Å². The molecule has 1 N–H and O–H groups in total. The Morgan fingerprint density at radius 3 is 3.00 bits per heavy atom. The summed E-state index contributed by atoms with van der Waals surface area (Å²) in [5, 5.41) is 2.92. The van der Waals surface area contributed by atoms with E-state index in [1.807, 2.05) is 42.3 Å². The summed E-state index contributed by atoms with van der Waals surface area (Å²) in [6.07, 6.45) is 3.76. The van der Waals surface area contributed by atoms with Crippen molar-refractivity contribution < 1.29 is 14.3 Å². The Morgan fingerprint density at radius 2 is 2.26 bits per heavy atom. The van der Waals surface area contributed by atoms with Crippen LogP contribution < -0.4 is 5.32 Å². The van der Waals surface area contributed by atoms with Gasteiger partial charge in [0.05, 0.1) is 19.1 Å². The van der Waals surface area contributed by atoms with Crippen LogP contribution in [0.15, 0.2) is 29.2 Å². The van der Waals surface area contributed by atoms with Crippen molar-refractivity contribution in [3.05, 3.63) is 24.3 Å². The van der Waals surface area contributed by atoms with E-state index in [0.29, 0.717) is 19.7 Å². The molecule has 5 nitrogen and oxygen atoms in total. The van der Waals surface area contributed by atoms with E-state index in [-0.39, 0.29) is 17.8 Å². The third kappa shape index (κ3) is 5.55. The summed E-state index contributed by atoms with van der Waals surface area (Å²) < 4.78 is 5.09. The van der Waals surface area contributed by atoms with Crippen LogP contribution in [0.1, 0.15) is 19.8 Å². The van der Waals surface area contributed by atoms with E-state index in [2.05, 4.69) is 5.32 Å². The number of nitrogens with zero attached hydrogens (tertiary/aromatic N) is 1. The van der Waals surface area contributed by atoms with Crippen LogP contribution in [0.25, 0.3) is 0 Å². The van der Waals surface area contributed by atoms with Crippen molar-refractivity contribution in [2.75, 3.05) is 37.8 Å². The van der Waals surface area contributed by atoms with E-state index in [1.54, 1.807) is 11.8 Å². The zero-order valence-corrected chi connectivity index (χ0v) is 14.5. The fraction of sp³-hybridized carbons (Fsp3) is 0.529. The van der Waals surface area contributed by atoms with Crippen LogP contribution in [0.3, 0.4) is 0 Å². The number of amides is 1. The number of likely N-dealkylation sites (tertiary alicyclic amines) is 1. The fourth-order valence-electron chi connectivity index (χ4n) is 2.76. The molecule has 1 atom stereocenters. The maximum absolute atomic E-state index is 12.2. The Bertz CT molecular complexity index is 550. The number of ether oxygens (including phenoxy) is 1. The number of nitrogens with one attached hydrogen (secondary N) is 1. The zero-order valence-electron chi connectivity index (χ0n) is 13.7. The molecule has 1 saturated heterocycles. The van der Waals surface area contributed by atoms with Gasteiger partial charge in [0.2, 0.25) is 5.91 Å². The molecule has 0 bridgehead atoms. The molecule has 23 heavy (non-hydrogen) atoms. The molecular formula is C17H24N2O3S. The van der Waals surface area contributed by atoms with Crippen LogP contribution in [0.2, 0.25) is 0 Å². The Hall–Kier alpha value is -1.53. The highest BCUT2D eigenvalue weighted by Gasteiger charge is 2.27. The van der Waals surface area contributed by atoms with Crippen molar-refractivity contribution in [1.82, 2.24) is 4.90 Å². The second-order valence-electron chi connectivity index (χ2n) is 5.61. The third-order valence-electron chi connectivity index (χ3n) is 3.85. The number of anilines is 1. The molecule has 1 heterocycles. The Balaban J connectivity index is 1.85. The molecular weight excluding hydrogens is 312 g/mol. The number of rotatable bonds is 6. The molecule has 2 rings (SSSR count). The average Bonchev–Trinajstić information content (AvgIpc) is 2.55.